The van der Waals surface area contributed by atoms with E-state index in [4.69, 9.17) is 4.74 Å². The van der Waals surface area contributed by atoms with Crippen molar-refractivity contribution < 1.29 is 28.5 Å². The lowest BCUT2D eigenvalue weighted by Crippen LogP contribution is -2.35. The molecular formula is C65H61F2NO4. The lowest BCUT2D eigenvalue weighted by Gasteiger charge is -2.38. The molecule has 1 heterocycles. The van der Waals surface area contributed by atoms with Crippen molar-refractivity contribution in [2.75, 3.05) is 5.32 Å². The molecule has 0 radical (unpaired) electrons. The standard InChI is InChI=1S/C65H61F2NO4/c1-6-8-9-10-41-11-13-44(14-12-41)45-15-17-46(18-16-45)47-19-21-48(22-20-47)63(71)68-52-29-23-43(24-30-52)42(7-2)37-56-40(3)64(4,5)61-55-35-36-65(49-25-31-53(69)32-26-49,50-27-33-54(70)34-28-50)72-62(55)57-38-51(66)39-58(67)59(57)60(56)61/h7,15-39,41,44,69-70H,2,6,8-14H2,1,3-5H3,(H,68,71). The highest BCUT2D eigenvalue weighted by Crippen LogP contribution is 2.57. The number of nitrogens with one attached hydrogen (secondary N) is 1. The Labute approximate surface area is 421 Å². The zero-order valence-electron chi connectivity index (χ0n) is 41.5. The normalized spacial score (nSPS) is 17.8. The summed E-state index contributed by atoms with van der Waals surface area (Å²) in [5.41, 5.74) is 9.83. The summed E-state index contributed by atoms with van der Waals surface area (Å²) < 4.78 is 39.3. The monoisotopic (exact) mass is 957 g/mol. The molecule has 3 aliphatic rings. The van der Waals surface area contributed by atoms with Gasteiger partial charge in [0, 0.05) is 50.2 Å². The maximum absolute atomic E-state index is 16.7. The van der Waals surface area contributed by atoms with Crippen LogP contribution < -0.4 is 10.1 Å². The number of unbranched alkanes of at least 4 members (excludes halogenated alkanes) is 2. The molecule has 0 unspecified atom stereocenters. The van der Waals surface area contributed by atoms with E-state index in [1.54, 1.807) is 54.6 Å². The van der Waals surface area contributed by atoms with Crippen LogP contribution in [0.25, 0.3) is 39.1 Å². The molecule has 7 heteroatoms. The number of anilines is 1. The number of allylic oxidation sites excluding steroid dienone is 5. The summed E-state index contributed by atoms with van der Waals surface area (Å²) in [6.07, 6.45) is 18.3. The van der Waals surface area contributed by atoms with Crippen molar-refractivity contribution in [1.82, 2.24) is 0 Å². The van der Waals surface area contributed by atoms with Gasteiger partial charge in [-0.2, -0.15) is 0 Å². The third kappa shape index (κ3) is 8.95. The van der Waals surface area contributed by atoms with Crippen molar-refractivity contribution in [2.24, 2.45) is 5.92 Å². The number of aromatic hydroxyl groups is 2. The third-order valence-electron chi connectivity index (χ3n) is 15.8. The van der Waals surface area contributed by atoms with Gasteiger partial charge in [-0.15, -0.1) is 0 Å². The van der Waals surface area contributed by atoms with Crippen LogP contribution in [0.2, 0.25) is 0 Å². The van der Waals surface area contributed by atoms with Crippen LogP contribution in [0.1, 0.15) is 134 Å². The predicted octanol–water partition coefficient (Wildman–Crippen LogP) is 17.0. The van der Waals surface area contributed by atoms with E-state index >= 15 is 8.78 Å². The van der Waals surface area contributed by atoms with Gasteiger partial charge in [0.05, 0.1) is 0 Å². The number of ether oxygens (including phenoxy) is 1. The molecule has 1 fully saturated rings. The average molecular weight is 958 g/mol. The molecule has 7 aromatic carbocycles. The van der Waals surface area contributed by atoms with E-state index in [1.165, 1.54) is 63.0 Å². The second-order valence-corrected chi connectivity index (χ2v) is 20.5. The molecule has 0 saturated heterocycles. The predicted molar refractivity (Wildman–Crippen MR) is 289 cm³/mol. The first-order valence-corrected chi connectivity index (χ1v) is 25.4. The van der Waals surface area contributed by atoms with Crippen molar-refractivity contribution >= 4 is 39.6 Å². The van der Waals surface area contributed by atoms with Crippen LogP contribution in [0.3, 0.4) is 0 Å². The number of rotatable bonds is 13. The number of benzene rings is 7. The molecule has 0 atom stereocenters. The highest BCUT2D eigenvalue weighted by molar-refractivity contribution is 6.09. The molecule has 0 spiro atoms. The molecule has 0 aromatic heterocycles. The van der Waals surface area contributed by atoms with Gasteiger partial charge in [0.25, 0.3) is 5.91 Å². The average Bonchev–Trinajstić information content (AvgIpc) is 3.59. The smallest absolute Gasteiger partial charge is 0.255 e. The Morgan fingerprint density at radius 1 is 0.778 bits per heavy atom. The summed E-state index contributed by atoms with van der Waals surface area (Å²) in [6.45, 7) is 12.7. The lowest BCUT2D eigenvalue weighted by molar-refractivity contribution is 0.102. The van der Waals surface area contributed by atoms with Crippen LogP contribution in [0.5, 0.6) is 17.2 Å². The van der Waals surface area contributed by atoms with Gasteiger partial charge >= 0.3 is 0 Å². The van der Waals surface area contributed by atoms with Crippen LogP contribution in [-0.2, 0) is 11.0 Å². The van der Waals surface area contributed by atoms with E-state index in [2.05, 4.69) is 56.9 Å². The number of halogens is 2. The fourth-order valence-corrected chi connectivity index (χ4v) is 11.5. The SMILES string of the molecule is C=CC(=CC1=C(C)C(C)(C)c2c3c(c4cc(F)cc(F)c4c21)OC(c1ccc(O)cc1)(c1ccc(O)cc1)C=C3)c1ccc(NC(=O)c2ccc(-c3ccc(C4CCC(CCCCC)CC4)cc3)cc2)cc1. The van der Waals surface area contributed by atoms with E-state index in [0.29, 0.717) is 45.2 Å². The molecular weight excluding hydrogens is 897 g/mol. The second kappa shape index (κ2) is 19.6. The quantitative estimate of drug-likeness (QED) is 0.0795. The summed E-state index contributed by atoms with van der Waals surface area (Å²) in [4.78, 5) is 13.5. The van der Waals surface area contributed by atoms with Crippen LogP contribution in [-0.4, -0.2) is 16.1 Å². The van der Waals surface area contributed by atoms with Crippen molar-refractivity contribution in [3.8, 4) is 28.4 Å². The first-order chi connectivity index (χ1) is 34.8. The maximum atomic E-state index is 16.7. The Morgan fingerprint density at radius 2 is 1.38 bits per heavy atom. The summed E-state index contributed by atoms with van der Waals surface area (Å²) in [7, 11) is 0. The zero-order valence-corrected chi connectivity index (χ0v) is 41.5. The minimum Gasteiger partial charge on any atom is -0.508 e. The number of carbonyl (C=O) groups excluding carboxylic acids is 1. The number of fused-ring (bicyclic) bond motifs is 6. The molecule has 1 aliphatic heterocycles. The molecule has 1 amide bonds. The Morgan fingerprint density at radius 3 is 1.97 bits per heavy atom. The fourth-order valence-electron chi connectivity index (χ4n) is 11.5. The van der Waals surface area contributed by atoms with E-state index < -0.39 is 22.7 Å². The molecule has 1 saturated carbocycles. The number of amides is 1. The van der Waals surface area contributed by atoms with E-state index in [1.807, 2.05) is 73.7 Å². The van der Waals surface area contributed by atoms with Gasteiger partial charge in [-0.05, 0) is 156 Å². The number of carbonyl (C=O) groups is 1. The van der Waals surface area contributed by atoms with Crippen molar-refractivity contribution in [2.45, 2.75) is 96.0 Å². The summed E-state index contributed by atoms with van der Waals surface area (Å²) in [5, 5.41) is 24.0. The molecule has 2 aliphatic carbocycles. The van der Waals surface area contributed by atoms with Crippen molar-refractivity contribution in [1.29, 1.82) is 0 Å². The van der Waals surface area contributed by atoms with Gasteiger partial charge in [-0.25, -0.2) is 8.78 Å². The van der Waals surface area contributed by atoms with Crippen LogP contribution in [0.15, 0.2) is 164 Å². The van der Waals surface area contributed by atoms with Gasteiger partial charge in [0.15, 0.2) is 5.60 Å². The van der Waals surface area contributed by atoms with Crippen LogP contribution in [0.4, 0.5) is 14.5 Å². The topological polar surface area (TPSA) is 78.8 Å². The molecule has 5 nitrogen and oxygen atoms in total. The molecule has 0 bridgehead atoms. The number of phenols is 2. The van der Waals surface area contributed by atoms with Gasteiger partial charge < -0.3 is 20.3 Å². The van der Waals surface area contributed by atoms with Crippen LogP contribution in [0, 0.1) is 17.6 Å². The molecule has 3 N–H and O–H groups in total. The Kier molecular flexibility index (Phi) is 13.1. The van der Waals surface area contributed by atoms with E-state index in [-0.39, 0.29) is 28.2 Å². The van der Waals surface area contributed by atoms with E-state index in [9.17, 15) is 15.0 Å². The van der Waals surface area contributed by atoms with Gasteiger partial charge in [-0.1, -0.05) is 144 Å². The Balaban J connectivity index is 0.901. The third-order valence-corrected chi connectivity index (χ3v) is 15.8. The Bertz CT molecular complexity index is 3240. The summed E-state index contributed by atoms with van der Waals surface area (Å²) in [5.74, 6) is 0.327. The molecule has 364 valence electrons. The van der Waals surface area contributed by atoms with E-state index in [0.717, 1.165) is 51.0 Å². The largest absolute Gasteiger partial charge is 0.508 e. The molecule has 10 rings (SSSR count). The van der Waals surface area contributed by atoms with Gasteiger partial charge in [0.2, 0.25) is 0 Å². The van der Waals surface area contributed by atoms with Crippen molar-refractivity contribution in [3.05, 3.63) is 220 Å². The maximum Gasteiger partial charge on any atom is 0.255 e. The Hall–Kier alpha value is -7.51. The number of hydrogen-bond acceptors (Lipinski definition) is 4. The first kappa shape index (κ1) is 48.1. The fraction of sp³-hybridized carbons (Fsp3) is 0.246. The molecule has 7 aromatic rings. The zero-order chi connectivity index (χ0) is 50.3. The summed E-state index contributed by atoms with van der Waals surface area (Å²) >= 11 is 0. The molecule has 72 heavy (non-hydrogen) atoms. The highest BCUT2D eigenvalue weighted by atomic mass is 19.1. The van der Waals surface area contributed by atoms with Crippen molar-refractivity contribution in [3.63, 3.8) is 0 Å². The van der Waals surface area contributed by atoms with Gasteiger partial charge in [-0.3, -0.25) is 4.79 Å². The minimum atomic E-state index is -1.28. The second-order valence-electron chi connectivity index (χ2n) is 20.5. The number of hydrogen-bond donors (Lipinski definition) is 3. The van der Waals surface area contributed by atoms with Crippen LogP contribution >= 0.6 is 0 Å². The van der Waals surface area contributed by atoms with Gasteiger partial charge in [0.1, 0.15) is 28.9 Å². The minimum absolute atomic E-state index is 0.0752. The first-order valence-electron chi connectivity index (χ1n) is 25.4. The lowest BCUT2D eigenvalue weighted by atomic mass is 9.76. The summed E-state index contributed by atoms with van der Waals surface area (Å²) in [6, 6.07) is 39.8. The number of phenolic OH excluding ortho intramolecular Hbond substituents is 2. The highest BCUT2D eigenvalue weighted by Gasteiger charge is 2.44.